The van der Waals surface area contributed by atoms with Gasteiger partial charge < -0.3 is 5.32 Å². The molecule has 0 saturated heterocycles. The Kier molecular flexibility index (Phi) is 6.55. The van der Waals surface area contributed by atoms with Crippen LogP contribution in [-0.4, -0.2) is 23.8 Å². The molecule has 26 heavy (non-hydrogen) atoms. The van der Waals surface area contributed by atoms with Crippen LogP contribution in [0.3, 0.4) is 0 Å². The second-order valence-corrected chi connectivity index (χ2v) is 6.04. The molecule has 2 aromatic rings. The number of rotatable bonds is 6. The monoisotopic (exact) mass is 362 g/mol. The predicted octanol–water partition coefficient (Wildman–Crippen LogP) is 4.69. The summed E-state index contributed by atoms with van der Waals surface area (Å²) in [4.78, 5) is 15.9. The standard InChI is InChI=1S/C20H21F3N2O/c1-14(16-9-5-3-6-10-16)24-18(20(21,22)23)13-19(26)25-15(2)17-11-7-4-8-12-17/h3-12,15,18H,13H2,1-2H3,(H,25,26). The first kappa shape index (κ1) is 19.7. The van der Waals surface area contributed by atoms with E-state index in [0.29, 0.717) is 5.56 Å². The third-order valence-electron chi connectivity index (χ3n) is 3.97. The number of aliphatic imine (C=N–C) groups is 1. The van der Waals surface area contributed by atoms with Crippen molar-refractivity contribution in [1.82, 2.24) is 5.32 Å². The SMILES string of the molecule is CC(=NC(CC(=O)NC(C)c1ccccc1)C(F)(F)F)c1ccccc1. The molecule has 0 spiro atoms. The van der Waals surface area contributed by atoms with E-state index in [1.165, 1.54) is 6.92 Å². The van der Waals surface area contributed by atoms with Crippen LogP contribution in [0.1, 0.15) is 37.4 Å². The first-order chi connectivity index (χ1) is 12.3. The number of amides is 1. The van der Waals surface area contributed by atoms with E-state index >= 15 is 0 Å². The molecule has 2 rings (SSSR count). The fourth-order valence-electron chi connectivity index (χ4n) is 2.52. The predicted molar refractivity (Wildman–Crippen MR) is 96.1 cm³/mol. The molecule has 3 nitrogen and oxygen atoms in total. The van der Waals surface area contributed by atoms with Gasteiger partial charge >= 0.3 is 6.18 Å². The van der Waals surface area contributed by atoms with E-state index in [4.69, 9.17) is 0 Å². The van der Waals surface area contributed by atoms with Crippen molar-refractivity contribution in [1.29, 1.82) is 0 Å². The Morgan fingerprint density at radius 2 is 1.58 bits per heavy atom. The van der Waals surface area contributed by atoms with Crippen molar-refractivity contribution in [2.75, 3.05) is 0 Å². The van der Waals surface area contributed by atoms with Crippen molar-refractivity contribution < 1.29 is 18.0 Å². The number of hydrogen-bond acceptors (Lipinski definition) is 2. The van der Waals surface area contributed by atoms with E-state index in [9.17, 15) is 18.0 Å². The summed E-state index contributed by atoms with van der Waals surface area (Å²) in [5.74, 6) is -0.687. The molecule has 2 unspecified atom stereocenters. The molecule has 6 heteroatoms. The lowest BCUT2D eigenvalue weighted by Gasteiger charge is -2.19. The lowest BCUT2D eigenvalue weighted by molar-refractivity contribution is -0.154. The van der Waals surface area contributed by atoms with Crippen molar-refractivity contribution in [3.8, 4) is 0 Å². The summed E-state index contributed by atoms with van der Waals surface area (Å²) in [7, 11) is 0. The third-order valence-corrected chi connectivity index (χ3v) is 3.97. The highest BCUT2D eigenvalue weighted by Crippen LogP contribution is 2.26. The minimum atomic E-state index is -4.59. The maximum Gasteiger partial charge on any atom is 0.411 e. The molecule has 0 heterocycles. The van der Waals surface area contributed by atoms with Crippen LogP contribution in [0.25, 0.3) is 0 Å². The number of carbonyl (C=O) groups is 1. The average molecular weight is 362 g/mol. The molecular formula is C20H21F3N2O. The van der Waals surface area contributed by atoms with Gasteiger partial charge in [0.05, 0.1) is 12.5 Å². The summed E-state index contributed by atoms with van der Waals surface area (Å²) in [6.45, 7) is 3.24. The van der Waals surface area contributed by atoms with Gasteiger partial charge in [0.1, 0.15) is 0 Å². The Hall–Kier alpha value is -2.63. The third kappa shape index (κ3) is 5.72. The summed E-state index contributed by atoms with van der Waals surface area (Å²) in [5.41, 5.74) is 1.67. The molecule has 0 aliphatic heterocycles. The summed E-state index contributed by atoms with van der Waals surface area (Å²) < 4.78 is 40.0. The summed E-state index contributed by atoms with van der Waals surface area (Å²) in [6.07, 6.45) is -5.34. The smallest absolute Gasteiger partial charge is 0.350 e. The zero-order valence-corrected chi connectivity index (χ0v) is 14.6. The maximum atomic E-state index is 13.3. The molecule has 1 amide bonds. The summed E-state index contributed by atoms with van der Waals surface area (Å²) >= 11 is 0. The Labute approximate surface area is 151 Å². The van der Waals surface area contributed by atoms with Gasteiger partial charge in [-0.1, -0.05) is 60.7 Å². The number of hydrogen-bond donors (Lipinski definition) is 1. The zero-order chi connectivity index (χ0) is 19.2. The quantitative estimate of drug-likeness (QED) is 0.744. The molecule has 0 aromatic heterocycles. The minimum Gasteiger partial charge on any atom is -0.350 e. The van der Waals surface area contributed by atoms with Gasteiger partial charge in [-0.15, -0.1) is 0 Å². The second kappa shape index (κ2) is 8.65. The number of nitrogens with one attached hydrogen (secondary N) is 1. The summed E-state index contributed by atoms with van der Waals surface area (Å²) in [5, 5.41) is 2.60. The van der Waals surface area contributed by atoms with Crippen LogP contribution >= 0.6 is 0 Å². The van der Waals surface area contributed by atoms with Crippen molar-refractivity contribution in [2.45, 2.75) is 38.5 Å². The molecule has 0 bridgehead atoms. The van der Waals surface area contributed by atoms with E-state index < -0.39 is 24.5 Å². The average Bonchev–Trinajstić information content (AvgIpc) is 2.61. The molecule has 0 saturated carbocycles. The zero-order valence-electron chi connectivity index (χ0n) is 14.6. The first-order valence-electron chi connectivity index (χ1n) is 8.28. The lowest BCUT2D eigenvalue weighted by atomic mass is 10.1. The normalized spacial score (nSPS) is 14.6. The highest BCUT2D eigenvalue weighted by molar-refractivity contribution is 5.98. The van der Waals surface area contributed by atoms with E-state index in [1.807, 2.05) is 30.3 Å². The van der Waals surface area contributed by atoms with E-state index in [2.05, 4.69) is 10.3 Å². The van der Waals surface area contributed by atoms with Crippen LogP contribution in [-0.2, 0) is 4.79 Å². The van der Waals surface area contributed by atoms with E-state index in [0.717, 1.165) is 5.56 Å². The fraction of sp³-hybridized carbons (Fsp3) is 0.300. The van der Waals surface area contributed by atoms with Gasteiger partial charge in [-0.3, -0.25) is 9.79 Å². The number of alkyl halides is 3. The molecule has 138 valence electrons. The van der Waals surface area contributed by atoms with Crippen molar-refractivity contribution in [2.24, 2.45) is 4.99 Å². The van der Waals surface area contributed by atoms with E-state index in [1.54, 1.807) is 37.3 Å². The first-order valence-corrected chi connectivity index (χ1v) is 8.28. The van der Waals surface area contributed by atoms with E-state index in [-0.39, 0.29) is 11.8 Å². The molecule has 2 aromatic carbocycles. The van der Waals surface area contributed by atoms with Crippen LogP contribution in [0.2, 0.25) is 0 Å². The van der Waals surface area contributed by atoms with Crippen molar-refractivity contribution >= 4 is 11.6 Å². The summed E-state index contributed by atoms with van der Waals surface area (Å²) in [6, 6.07) is 15.2. The fourth-order valence-corrected chi connectivity index (χ4v) is 2.52. The highest BCUT2D eigenvalue weighted by Gasteiger charge is 2.41. The molecule has 0 aliphatic rings. The molecule has 0 aliphatic carbocycles. The van der Waals surface area contributed by atoms with Crippen LogP contribution in [0.15, 0.2) is 65.7 Å². The minimum absolute atomic E-state index is 0.247. The molecule has 0 radical (unpaired) electrons. The number of halogens is 3. The Balaban J connectivity index is 2.09. The van der Waals surface area contributed by atoms with Gasteiger partial charge in [0.25, 0.3) is 0 Å². The number of nitrogens with zero attached hydrogens (tertiary/aromatic N) is 1. The second-order valence-electron chi connectivity index (χ2n) is 6.04. The molecule has 1 N–H and O–H groups in total. The van der Waals surface area contributed by atoms with Gasteiger partial charge in [-0.25, -0.2) is 0 Å². The number of benzene rings is 2. The maximum absolute atomic E-state index is 13.3. The Morgan fingerprint density at radius 3 is 2.12 bits per heavy atom. The van der Waals surface area contributed by atoms with Crippen molar-refractivity contribution in [3.05, 3.63) is 71.8 Å². The largest absolute Gasteiger partial charge is 0.411 e. The number of carbonyl (C=O) groups excluding carboxylic acids is 1. The lowest BCUT2D eigenvalue weighted by Crippen LogP contribution is -2.36. The van der Waals surface area contributed by atoms with Crippen LogP contribution in [0.4, 0.5) is 13.2 Å². The molecular weight excluding hydrogens is 341 g/mol. The van der Waals surface area contributed by atoms with Gasteiger partial charge in [-0.05, 0) is 25.0 Å². The topological polar surface area (TPSA) is 41.5 Å². The van der Waals surface area contributed by atoms with Crippen LogP contribution in [0.5, 0.6) is 0 Å². The molecule has 0 fully saturated rings. The van der Waals surface area contributed by atoms with Gasteiger partial charge in [0, 0.05) is 5.71 Å². The van der Waals surface area contributed by atoms with Crippen LogP contribution < -0.4 is 5.32 Å². The van der Waals surface area contributed by atoms with Gasteiger partial charge in [-0.2, -0.15) is 13.2 Å². The van der Waals surface area contributed by atoms with Gasteiger partial charge in [0.15, 0.2) is 6.04 Å². The van der Waals surface area contributed by atoms with Crippen LogP contribution in [0, 0.1) is 0 Å². The van der Waals surface area contributed by atoms with Crippen molar-refractivity contribution in [3.63, 3.8) is 0 Å². The molecule has 2 atom stereocenters. The van der Waals surface area contributed by atoms with Gasteiger partial charge in [0.2, 0.25) is 5.91 Å². The highest BCUT2D eigenvalue weighted by atomic mass is 19.4. The Morgan fingerprint density at radius 1 is 1.04 bits per heavy atom. The Bertz CT molecular complexity index is 743.